The smallest absolute Gasteiger partial charge is 0.251 e. The summed E-state index contributed by atoms with van der Waals surface area (Å²) in [5.74, 6) is 0.908. The highest BCUT2D eigenvalue weighted by Crippen LogP contribution is 2.31. The number of halogens is 1. The lowest BCUT2D eigenvalue weighted by atomic mass is 10.1. The van der Waals surface area contributed by atoms with Crippen LogP contribution in [0.25, 0.3) is 11.4 Å². The van der Waals surface area contributed by atoms with Crippen LogP contribution in [0.15, 0.2) is 36.4 Å². The molecule has 9 nitrogen and oxygen atoms in total. The van der Waals surface area contributed by atoms with E-state index in [1.807, 2.05) is 19.2 Å². The largest absolute Gasteiger partial charge is 0.398 e. The second-order valence-corrected chi connectivity index (χ2v) is 7.93. The summed E-state index contributed by atoms with van der Waals surface area (Å²) >= 11 is 6.35. The Morgan fingerprint density at radius 2 is 1.94 bits per heavy atom. The van der Waals surface area contributed by atoms with Gasteiger partial charge < -0.3 is 26.7 Å². The third-order valence-corrected chi connectivity index (χ3v) is 5.58. The van der Waals surface area contributed by atoms with Crippen molar-refractivity contribution in [2.24, 2.45) is 7.05 Å². The minimum Gasteiger partial charge on any atom is -0.398 e. The van der Waals surface area contributed by atoms with Crippen LogP contribution in [0.2, 0.25) is 5.02 Å². The molecule has 0 atom stereocenters. The molecule has 10 heteroatoms. The second-order valence-electron chi connectivity index (χ2n) is 7.55. The number of nitrogen functional groups attached to an aromatic ring is 1. The Kier molecular flexibility index (Phi) is 5.62. The van der Waals surface area contributed by atoms with E-state index in [1.165, 1.54) is 0 Å². The van der Waals surface area contributed by atoms with Gasteiger partial charge in [-0.1, -0.05) is 23.7 Å². The summed E-state index contributed by atoms with van der Waals surface area (Å²) in [5.41, 5.74) is 8.68. The first-order chi connectivity index (χ1) is 14.9. The molecule has 1 aromatic heterocycles. The zero-order valence-corrected chi connectivity index (χ0v) is 17.9. The van der Waals surface area contributed by atoms with Crippen molar-refractivity contribution < 1.29 is 4.79 Å². The maximum Gasteiger partial charge on any atom is 0.251 e. The summed E-state index contributed by atoms with van der Waals surface area (Å²) < 4.78 is 1.60. The number of rotatable bonds is 6. The maximum atomic E-state index is 12.4. The molecule has 4 rings (SSSR count). The number of hydrogen-bond acceptors (Lipinski definition) is 7. The maximum absolute atomic E-state index is 12.4. The standard InChI is InChI=1S/C21H23ClN8O/c1-29-10-14(11-29)25-20(31)13-5-3-12(4-6-13)19-27-21(30(2)28-19)26-17-8-7-16(24)15(9-23)18(17)22/h3-9,14,23H,10-11,24H2,1-2H3,(H,25,31)(H,26,27,28). The van der Waals surface area contributed by atoms with E-state index in [0.717, 1.165) is 24.9 Å². The van der Waals surface area contributed by atoms with Gasteiger partial charge in [0.05, 0.1) is 16.8 Å². The summed E-state index contributed by atoms with van der Waals surface area (Å²) in [6.07, 6.45) is 1.12. The number of likely N-dealkylation sites (tertiary alicyclic amines) is 1. The van der Waals surface area contributed by atoms with Gasteiger partial charge in [0.1, 0.15) is 0 Å². The summed E-state index contributed by atoms with van der Waals surface area (Å²) in [6, 6.07) is 10.8. The van der Waals surface area contributed by atoms with Gasteiger partial charge in [-0.15, -0.1) is 5.10 Å². The van der Waals surface area contributed by atoms with Crippen molar-refractivity contribution >= 4 is 41.0 Å². The molecule has 3 aromatic rings. The van der Waals surface area contributed by atoms with Gasteiger partial charge >= 0.3 is 0 Å². The number of carbonyl (C=O) groups is 1. The van der Waals surface area contributed by atoms with Crippen molar-refractivity contribution in [1.82, 2.24) is 25.0 Å². The van der Waals surface area contributed by atoms with Crippen LogP contribution in [0, 0.1) is 5.41 Å². The molecule has 31 heavy (non-hydrogen) atoms. The van der Waals surface area contributed by atoms with Crippen molar-refractivity contribution in [2.75, 3.05) is 31.2 Å². The minimum atomic E-state index is -0.0824. The molecule has 1 aliphatic heterocycles. The lowest BCUT2D eigenvalue weighted by Crippen LogP contribution is -2.57. The van der Waals surface area contributed by atoms with Crippen LogP contribution in [0.5, 0.6) is 0 Å². The van der Waals surface area contributed by atoms with Crippen molar-refractivity contribution in [3.05, 3.63) is 52.5 Å². The Balaban J connectivity index is 1.50. The summed E-state index contributed by atoms with van der Waals surface area (Å²) in [4.78, 5) is 19.0. The Morgan fingerprint density at radius 3 is 2.58 bits per heavy atom. The predicted octanol–water partition coefficient (Wildman–Crippen LogP) is 2.50. The van der Waals surface area contributed by atoms with E-state index in [2.05, 4.69) is 25.6 Å². The van der Waals surface area contributed by atoms with Crippen LogP contribution in [-0.4, -0.2) is 58.0 Å². The van der Waals surface area contributed by atoms with E-state index >= 15 is 0 Å². The highest BCUT2D eigenvalue weighted by molar-refractivity contribution is 6.36. The SMILES string of the molecule is CN1CC(NC(=O)c2ccc(-c3nc(Nc4ccc(N)c(C=N)c4Cl)n(C)n3)cc2)C1. The number of anilines is 3. The third-order valence-electron chi connectivity index (χ3n) is 5.17. The first-order valence-electron chi connectivity index (χ1n) is 9.72. The number of aryl methyl sites for hydroxylation is 1. The fraction of sp³-hybridized carbons (Fsp3) is 0.238. The number of nitrogens with zero attached hydrogens (tertiary/aromatic N) is 4. The fourth-order valence-corrected chi connectivity index (χ4v) is 3.69. The minimum absolute atomic E-state index is 0.0824. The topological polar surface area (TPSA) is 125 Å². The normalized spacial score (nSPS) is 14.2. The molecule has 0 saturated carbocycles. The Hall–Kier alpha value is -3.43. The average Bonchev–Trinajstić information content (AvgIpc) is 3.10. The number of amides is 1. The lowest BCUT2D eigenvalue weighted by Gasteiger charge is -2.36. The molecular weight excluding hydrogens is 416 g/mol. The van der Waals surface area contributed by atoms with Crippen LogP contribution in [0.1, 0.15) is 15.9 Å². The number of nitrogens with one attached hydrogen (secondary N) is 3. The second kappa shape index (κ2) is 8.37. The number of aromatic nitrogens is 3. The molecule has 1 aliphatic rings. The van der Waals surface area contributed by atoms with E-state index in [1.54, 1.807) is 36.0 Å². The number of likely N-dealkylation sites (N-methyl/N-ethyl adjacent to an activating group) is 1. The Bertz CT molecular complexity index is 1140. The number of nitrogens with two attached hydrogens (primary N) is 1. The van der Waals surface area contributed by atoms with Gasteiger partial charge in [-0.25, -0.2) is 4.68 Å². The van der Waals surface area contributed by atoms with Crippen molar-refractivity contribution in [2.45, 2.75) is 6.04 Å². The summed E-state index contributed by atoms with van der Waals surface area (Å²) in [6.45, 7) is 1.74. The van der Waals surface area contributed by atoms with E-state index < -0.39 is 0 Å². The molecule has 0 spiro atoms. The van der Waals surface area contributed by atoms with Gasteiger partial charge in [-0.3, -0.25) is 4.79 Å². The molecule has 1 amide bonds. The molecule has 5 N–H and O–H groups in total. The van der Waals surface area contributed by atoms with Gasteiger partial charge in [0.25, 0.3) is 5.91 Å². The van der Waals surface area contributed by atoms with E-state index in [4.69, 9.17) is 22.7 Å². The van der Waals surface area contributed by atoms with Gasteiger partial charge in [0.15, 0.2) is 5.82 Å². The molecule has 0 radical (unpaired) electrons. The number of carbonyl (C=O) groups excluding carboxylic acids is 1. The van der Waals surface area contributed by atoms with E-state index in [0.29, 0.717) is 39.3 Å². The van der Waals surface area contributed by atoms with Crippen LogP contribution >= 0.6 is 11.6 Å². The molecule has 1 fully saturated rings. The number of benzene rings is 2. The molecule has 0 bridgehead atoms. The molecule has 2 aromatic carbocycles. The first kappa shape index (κ1) is 20.8. The van der Waals surface area contributed by atoms with Gasteiger partial charge in [0.2, 0.25) is 5.95 Å². The van der Waals surface area contributed by atoms with Crippen molar-refractivity contribution in [3.63, 3.8) is 0 Å². The Labute approximate surface area is 184 Å². The van der Waals surface area contributed by atoms with Crippen LogP contribution < -0.4 is 16.4 Å². The zero-order chi connectivity index (χ0) is 22.1. The molecule has 1 saturated heterocycles. The van der Waals surface area contributed by atoms with E-state index in [-0.39, 0.29) is 11.9 Å². The highest BCUT2D eigenvalue weighted by Gasteiger charge is 2.25. The van der Waals surface area contributed by atoms with Crippen LogP contribution in [0.4, 0.5) is 17.3 Å². The van der Waals surface area contributed by atoms with Gasteiger partial charge in [0, 0.05) is 48.7 Å². The zero-order valence-electron chi connectivity index (χ0n) is 17.2. The predicted molar refractivity (Wildman–Crippen MR) is 122 cm³/mol. The first-order valence-corrected chi connectivity index (χ1v) is 10.1. The van der Waals surface area contributed by atoms with Gasteiger partial charge in [-0.05, 0) is 31.3 Å². The van der Waals surface area contributed by atoms with E-state index in [9.17, 15) is 4.79 Å². The third kappa shape index (κ3) is 4.23. The molecule has 160 valence electrons. The summed E-state index contributed by atoms with van der Waals surface area (Å²) in [5, 5.41) is 18.4. The molecule has 2 heterocycles. The average molecular weight is 439 g/mol. The van der Waals surface area contributed by atoms with Crippen LogP contribution in [0.3, 0.4) is 0 Å². The van der Waals surface area contributed by atoms with Crippen LogP contribution in [-0.2, 0) is 7.05 Å². The van der Waals surface area contributed by atoms with Gasteiger partial charge in [-0.2, -0.15) is 4.98 Å². The monoisotopic (exact) mass is 438 g/mol. The summed E-state index contributed by atoms with van der Waals surface area (Å²) in [7, 11) is 3.79. The highest BCUT2D eigenvalue weighted by atomic mass is 35.5. The molecule has 0 aliphatic carbocycles. The number of hydrogen-bond donors (Lipinski definition) is 4. The Morgan fingerprint density at radius 1 is 1.23 bits per heavy atom. The lowest BCUT2D eigenvalue weighted by molar-refractivity contribution is 0.0858. The van der Waals surface area contributed by atoms with Crippen molar-refractivity contribution in [1.29, 1.82) is 5.41 Å². The van der Waals surface area contributed by atoms with Crippen molar-refractivity contribution in [3.8, 4) is 11.4 Å². The fourth-order valence-electron chi connectivity index (χ4n) is 3.42. The molecular formula is C21H23ClN8O. The molecule has 0 unspecified atom stereocenters. The quantitative estimate of drug-likeness (QED) is 0.346.